The van der Waals surface area contributed by atoms with Crippen molar-refractivity contribution in [2.24, 2.45) is 0 Å². The maximum Gasteiger partial charge on any atom is 0.151 e. The summed E-state index contributed by atoms with van der Waals surface area (Å²) in [6.07, 6.45) is 4.03. The van der Waals surface area contributed by atoms with Crippen LogP contribution in [0.2, 0.25) is 0 Å². The SMILES string of the molecule is N#Cc1cccc(C#C[C@H]2CC[C@H]3CN(c4ncccc4N)CCN32)c1. The molecule has 0 aliphatic carbocycles. The summed E-state index contributed by atoms with van der Waals surface area (Å²) in [5.41, 5.74) is 8.40. The van der Waals surface area contributed by atoms with Crippen LogP contribution in [0.3, 0.4) is 0 Å². The second kappa shape index (κ2) is 7.07. The van der Waals surface area contributed by atoms with Gasteiger partial charge in [0.15, 0.2) is 5.82 Å². The van der Waals surface area contributed by atoms with E-state index in [9.17, 15) is 0 Å². The summed E-state index contributed by atoms with van der Waals surface area (Å²) >= 11 is 0. The van der Waals surface area contributed by atoms with Gasteiger partial charge in [-0.25, -0.2) is 4.98 Å². The van der Waals surface area contributed by atoms with Crippen molar-refractivity contribution in [2.75, 3.05) is 30.3 Å². The van der Waals surface area contributed by atoms with Crippen LogP contribution >= 0.6 is 0 Å². The van der Waals surface area contributed by atoms with Gasteiger partial charge in [-0.1, -0.05) is 17.9 Å². The molecule has 2 saturated heterocycles. The Morgan fingerprint density at radius 1 is 1.12 bits per heavy atom. The fourth-order valence-corrected chi connectivity index (χ4v) is 3.91. The van der Waals surface area contributed by atoms with Crippen LogP contribution in [-0.2, 0) is 0 Å². The molecule has 0 amide bonds. The molecule has 0 spiro atoms. The first-order valence-electron chi connectivity index (χ1n) is 8.97. The summed E-state index contributed by atoms with van der Waals surface area (Å²) in [4.78, 5) is 9.26. The van der Waals surface area contributed by atoms with E-state index in [0.29, 0.717) is 11.6 Å². The Labute approximate surface area is 154 Å². The van der Waals surface area contributed by atoms with Crippen molar-refractivity contribution in [1.29, 1.82) is 5.26 Å². The summed E-state index contributed by atoms with van der Waals surface area (Å²) in [5.74, 6) is 7.58. The lowest BCUT2D eigenvalue weighted by Crippen LogP contribution is -2.52. The van der Waals surface area contributed by atoms with Gasteiger partial charge in [-0.15, -0.1) is 0 Å². The first-order valence-corrected chi connectivity index (χ1v) is 8.97. The van der Waals surface area contributed by atoms with E-state index in [1.807, 2.05) is 30.3 Å². The Kier molecular flexibility index (Phi) is 4.48. The largest absolute Gasteiger partial charge is 0.396 e. The number of nitrogens with two attached hydrogens (primary N) is 1. The number of pyridine rings is 1. The molecule has 1 aromatic heterocycles. The van der Waals surface area contributed by atoms with Crippen molar-refractivity contribution in [2.45, 2.75) is 24.9 Å². The van der Waals surface area contributed by atoms with E-state index in [1.165, 1.54) is 0 Å². The Hall–Kier alpha value is -3.02. The molecule has 2 N–H and O–H groups in total. The number of nitrogens with zero attached hydrogens (tertiary/aromatic N) is 4. The van der Waals surface area contributed by atoms with E-state index >= 15 is 0 Å². The molecule has 26 heavy (non-hydrogen) atoms. The van der Waals surface area contributed by atoms with Gasteiger partial charge in [0.05, 0.1) is 23.4 Å². The number of hydrogen-bond donors (Lipinski definition) is 1. The standard InChI is InChI=1S/C21H21N5/c22-14-17-4-1-3-16(13-17)6-7-18-8-9-19-15-25(11-12-26(18)19)21-20(23)5-2-10-24-21/h1-5,10,13,18-19H,8-9,11-12,15,23H2/t18-,19-/m0/s1. The van der Waals surface area contributed by atoms with E-state index in [2.05, 4.69) is 32.7 Å². The Balaban J connectivity index is 1.46. The molecule has 130 valence electrons. The van der Waals surface area contributed by atoms with Crippen LogP contribution < -0.4 is 10.6 Å². The molecule has 2 aliphatic rings. The average molecular weight is 343 g/mol. The van der Waals surface area contributed by atoms with Gasteiger partial charge in [0.1, 0.15) is 0 Å². The molecule has 2 fully saturated rings. The second-order valence-corrected chi connectivity index (χ2v) is 6.81. The molecule has 2 atom stereocenters. The quantitative estimate of drug-likeness (QED) is 0.804. The van der Waals surface area contributed by atoms with Crippen LogP contribution in [0.4, 0.5) is 11.5 Å². The second-order valence-electron chi connectivity index (χ2n) is 6.81. The number of piperazine rings is 1. The number of rotatable bonds is 1. The van der Waals surface area contributed by atoms with Crippen LogP contribution in [0.5, 0.6) is 0 Å². The number of aromatic nitrogens is 1. The smallest absolute Gasteiger partial charge is 0.151 e. The zero-order valence-corrected chi connectivity index (χ0v) is 14.6. The molecule has 1 aromatic carbocycles. The lowest BCUT2D eigenvalue weighted by molar-refractivity contribution is 0.203. The normalized spacial score (nSPS) is 22.2. The maximum atomic E-state index is 9.01. The predicted molar refractivity (Wildman–Crippen MR) is 102 cm³/mol. The van der Waals surface area contributed by atoms with Gasteiger partial charge in [-0.05, 0) is 43.2 Å². The molecule has 0 saturated carbocycles. The van der Waals surface area contributed by atoms with E-state index in [-0.39, 0.29) is 6.04 Å². The van der Waals surface area contributed by atoms with Crippen molar-refractivity contribution in [1.82, 2.24) is 9.88 Å². The van der Waals surface area contributed by atoms with Crippen LogP contribution in [0.15, 0.2) is 42.6 Å². The van der Waals surface area contributed by atoms with Crippen molar-refractivity contribution < 1.29 is 0 Å². The van der Waals surface area contributed by atoms with Gasteiger partial charge in [0, 0.05) is 37.4 Å². The van der Waals surface area contributed by atoms with Crippen molar-refractivity contribution >= 4 is 11.5 Å². The van der Waals surface area contributed by atoms with Crippen LogP contribution in [-0.4, -0.2) is 41.6 Å². The molecule has 0 radical (unpaired) electrons. The van der Waals surface area contributed by atoms with Gasteiger partial charge in [0.2, 0.25) is 0 Å². The van der Waals surface area contributed by atoms with E-state index in [0.717, 1.165) is 49.5 Å². The number of benzene rings is 1. The minimum atomic E-state index is 0.286. The summed E-state index contributed by atoms with van der Waals surface area (Å²) in [7, 11) is 0. The summed E-state index contributed by atoms with van der Waals surface area (Å²) in [6.45, 7) is 2.83. The molecular formula is C21H21N5. The van der Waals surface area contributed by atoms with E-state index < -0.39 is 0 Å². The Morgan fingerprint density at radius 3 is 2.85 bits per heavy atom. The van der Waals surface area contributed by atoms with Crippen molar-refractivity contribution in [3.05, 3.63) is 53.7 Å². The maximum absolute atomic E-state index is 9.01. The topological polar surface area (TPSA) is 69.2 Å². The number of nitriles is 1. The number of anilines is 2. The average Bonchev–Trinajstić information content (AvgIpc) is 3.09. The zero-order chi connectivity index (χ0) is 17.9. The van der Waals surface area contributed by atoms with Gasteiger partial charge in [-0.3, -0.25) is 4.90 Å². The van der Waals surface area contributed by atoms with Crippen LogP contribution in [0, 0.1) is 23.2 Å². The molecule has 2 aliphatic heterocycles. The lowest BCUT2D eigenvalue weighted by Gasteiger charge is -2.39. The van der Waals surface area contributed by atoms with Crippen LogP contribution in [0.1, 0.15) is 24.0 Å². The van der Waals surface area contributed by atoms with Gasteiger partial charge >= 0.3 is 0 Å². The van der Waals surface area contributed by atoms with E-state index in [4.69, 9.17) is 11.0 Å². The zero-order valence-electron chi connectivity index (χ0n) is 14.6. The third-order valence-electron chi connectivity index (χ3n) is 5.19. The molecule has 4 rings (SSSR count). The molecular weight excluding hydrogens is 322 g/mol. The first-order chi connectivity index (χ1) is 12.7. The fraction of sp³-hybridized carbons (Fsp3) is 0.333. The van der Waals surface area contributed by atoms with Crippen LogP contribution in [0.25, 0.3) is 0 Å². The first kappa shape index (κ1) is 16.4. The van der Waals surface area contributed by atoms with Gasteiger partial charge in [-0.2, -0.15) is 5.26 Å². The molecule has 0 bridgehead atoms. The predicted octanol–water partition coefficient (Wildman–Crippen LogP) is 2.24. The lowest BCUT2D eigenvalue weighted by atomic mass is 10.1. The number of fused-ring (bicyclic) bond motifs is 1. The Bertz CT molecular complexity index is 904. The molecule has 2 aromatic rings. The fourth-order valence-electron chi connectivity index (χ4n) is 3.91. The molecule has 5 nitrogen and oxygen atoms in total. The van der Waals surface area contributed by atoms with E-state index in [1.54, 1.807) is 12.3 Å². The molecule has 0 unspecified atom stereocenters. The molecule has 5 heteroatoms. The van der Waals surface area contributed by atoms with Crippen molar-refractivity contribution in [3.8, 4) is 17.9 Å². The summed E-state index contributed by atoms with van der Waals surface area (Å²) in [6, 6.07) is 14.2. The monoisotopic (exact) mass is 343 g/mol. The minimum Gasteiger partial charge on any atom is -0.396 e. The molecule has 3 heterocycles. The minimum absolute atomic E-state index is 0.286. The highest BCUT2D eigenvalue weighted by Crippen LogP contribution is 2.30. The van der Waals surface area contributed by atoms with Crippen molar-refractivity contribution in [3.63, 3.8) is 0 Å². The Morgan fingerprint density at radius 2 is 2.00 bits per heavy atom. The highest BCUT2D eigenvalue weighted by Gasteiger charge is 2.37. The summed E-state index contributed by atoms with van der Waals surface area (Å²) in [5, 5.41) is 9.01. The third-order valence-corrected chi connectivity index (χ3v) is 5.19. The number of hydrogen-bond acceptors (Lipinski definition) is 5. The highest BCUT2D eigenvalue weighted by molar-refractivity contribution is 5.62. The third kappa shape index (κ3) is 3.22. The number of nitrogen functional groups attached to an aromatic ring is 1. The van der Waals surface area contributed by atoms with Gasteiger partial charge in [0.25, 0.3) is 0 Å². The highest BCUT2D eigenvalue weighted by atomic mass is 15.3. The summed E-state index contributed by atoms with van der Waals surface area (Å²) < 4.78 is 0. The van der Waals surface area contributed by atoms with Gasteiger partial charge < -0.3 is 10.6 Å².